The number of anilines is 1. The first-order valence-electron chi connectivity index (χ1n) is 16.1. The summed E-state index contributed by atoms with van der Waals surface area (Å²) in [4.78, 5) is 37.3. The van der Waals surface area contributed by atoms with E-state index in [9.17, 15) is 18.0 Å². The zero-order valence-corrected chi connectivity index (χ0v) is 30.6. The summed E-state index contributed by atoms with van der Waals surface area (Å²) in [7, 11) is -3.51. The number of hydrogen-bond donors (Lipinski definition) is 2. The van der Waals surface area contributed by atoms with Gasteiger partial charge in [-0.3, -0.25) is 5.41 Å². The second kappa shape index (κ2) is 14.8. The molecule has 50 heavy (non-hydrogen) atoms. The third kappa shape index (κ3) is 9.31. The van der Waals surface area contributed by atoms with E-state index >= 15 is 0 Å². The number of amidine groups is 1. The van der Waals surface area contributed by atoms with E-state index < -0.39 is 38.5 Å². The van der Waals surface area contributed by atoms with Crippen LogP contribution in [-0.2, 0) is 25.7 Å². The average Bonchev–Trinajstić information content (AvgIpc) is 3.50. The number of ether oxygens (including phenoxy) is 2. The van der Waals surface area contributed by atoms with E-state index in [2.05, 4.69) is 15.5 Å². The minimum Gasteiger partial charge on any atom is -0.443 e. The highest BCUT2D eigenvalue weighted by Gasteiger charge is 2.37. The van der Waals surface area contributed by atoms with Crippen LogP contribution in [0.2, 0.25) is 0 Å². The molecule has 4 aromatic rings. The molecule has 4 rings (SSSR count). The van der Waals surface area contributed by atoms with E-state index in [1.54, 1.807) is 73.6 Å². The first kappa shape index (κ1) is 37.7. The van der Waals surface area contributed by atoms with Crippen LogP contribution in [0.4, 0.5) is 15.4 Å². The lowest BCUT2D eigenvalue weighted by atomic mass is 10.1. The molecule has 2 aromatic carbocycles. The van der Waals surface area contributed by atoms with Gasteiger partial charge >= 0.3 is 12.2 Å². The minimum absolute atomic E-state index is 0.0208. The molecule has 14 heteroatoms. The Labute approximate surface area is 292 Å². The molecule has 2 N–H and O–H groups in total. The maximum Gasteiger partial charge on any atom is 0.425 e. The van der Waals surface area contributed by atoms with Gasteiger partial charge in [-0.25, -0.2) is 28.0 Å². The number of carbonyl (C=O) groups is 2. The van der Waals surface area contributed by atoms with Gasteiger partial charge in [-0.1, -0.05) is 41.6 Å². The molecule has 2 aromatic heterocycles. The third-order valence-corrected chi connectivity index (χ3v) is 9.15. The number of hydrogen-bond acceptors (Lipinski definition) is 11. The Morgan fingerprint density at radius 1 is 0.900 bits per heavy atom. The molecule has 0 radical (unpaired) electrons. The molecule has 0 saturated heterocycles. The topological polar surface area (TPSA) is 178 Å². The quantitative estimate of drug-likeness (QED) is 0.131. The van der Waals surface area contributed by atoms with Gasteiger partial charge in [-0.05, 0) is 80.0 Å². The van der Waals surface area contributed by atoms with E-state index in [0.29, 0.717) is 46.2 Å². The summed E-state index contributed by atoms with van der Waals surface area (Å²) in [6, 6.07) is 15.3. The predicted octanol–water partition coefficient (Wildman–Crippen LogP) is 7.45. The standard InChI is InChI=1S/C36H44N6O7S/c1-10-38-30(37)19-23-11-13-24(14-12-23)27-20-29(49-41-27)31-32(42(33(43)47-35(4,5)6)34(44)48-36(7,8)9)39-21-28(40-31)25-15-17-26(18-16-25)50(45,46)22(2)3/h11-18,20-22H,10,19H2,1-9H3,(H2,37,38). The van der Waals surface area contributed by atoms with Crippen LogP contribution >= 0.6 is 0 Å². The summed E-state index contributed by atoms with van der Waals surface area (Å²) >= 11 is 0. The van der Waals surface area contributed by atoms with E-state index in [4.69, 9.17) is 24.4 Å². The average molecular weight is 705 g/mol. The molecule has 0 unspecified atom stereocenters. The molecule has 0 spiro atoms. The summed E-state index contributed by atoms with van der Waals surface area (Å²) in [6.07, 6.45) is -0.291. The van der Waals surface area contributed by atoms with Gasteiger partial charge in [-0.15, -0.1) is 0 Å². The molecule has 2 heterocycles. The van der Waals surface area contributed by atoms with Crippen molar-refractivity contribution in [3.63, 3.8) is 0 Å². The van der Waals surface area contributed by atoms with Crippen molar-refractivity contribution in [1.82, 2.24) is 20.4 Å². The van der Waals surface area contributed by atoms with Crippen molar-refractivity contribution in [1.29, 1.82) is 5.41 Å². The van der Waals surface area contributed by atoms with Crippen LogP contribution < -0.4 is 10.2 Å². The molecule has 0 atom stereocenters. The van der Waals surface area contributed by atoms with Crippen LogP contribution in [0.1, 0.15) is 67.9 Å². The number of benzene rings is 2. The van der Waals surface area contributed by atoms with Crippen molar-refractivity contribution >= 4 is 33.7 Å². The molecular weight excluding hydrogens is 660 g/mol. The highest BCUT2D eigenvalue weighted by molar-refractivity contribution is 7.92. The number of imide groups is 1. The lowest BCUT2D eigenvalue weighted by Crippen LogP contribution is -2.44. The van der Waals surface area contributed by atoms with Crippen LogP contribution in [0.15, 0.2) is 70.2 Å². The van der Waals surface area contributed by atoms with Crippen LogP contribution in [0.25, 0.3) is 34.0 Å². The Morgan fingerprint density at radius 2 is 1.44 bits per heavy atom. The first-order chi connectivity index (χ1) is 23.3. The van der Waals surface area contributed by atoms with E-state index in [1.165, 1.54) is 18.3 Å². The second-order valence-corrected chi connectivity index (χ2v) is 16.3. The number of rotatable bonds is 9. The normalized spacial score (nSPS) is 12.0. The number of carbonyl (C=O) groups excluding carboxylic acids is 2. The van der Waals surface area contributed by atoms with Gasteiger partial charge in [0, 0.05) is 30.2 Å². The molecule has 266 valence electrons. The van der Waals surface area contributed by atoms with Gasteiger partial charge in [0.15, 0.2) is 27.1 Å². The fraction of sp³-hybridized carbons (Fsp3) is 0.389. The fourth-order valence-corrected chi connectivity index (χ4v) is 5.66. The molecule has 2 amide bonds. The van der Waals surface area contributed by atoms with Crippen molar-refractivity contribution in [2.75, 3.05) is 11.4 Å². The van der Waals surface area contributed by atoms with E-state index in [-0.39, 0.29) is 22.2 Å². The van der Waals surface area contributed by atoms with Crippen molar-refractivity contribution in [2.45, 2.75) is 90.1 Å². The van der Waals surface area contributed by atoms with Gasteiger partial charge in [0.1, 0.15) is 16.9 Å². The number of nitrogens with one attached hydrogen (secondary N) is 2. The Morgan fingerprint density at radius 3 is 1.96 bits per heavy atom. The number of aromatic nitrogens is 3. The van der Waals surface area contributed by atoms with E-state index in [0.717, 1.165) is 5.56 Å². The lowest BCUT2D eigenvalue weighted by molar-refractivity contribution is 0.0429. The summed E-state index contributed by atoms with van der Waals surface area (Å²) < 4.78 is 42.4. The monoisotopic (exact) mass is 704 g/mol. The van der Waals surface area contributed by atoms with Crippen molar-refractivity contribution in [3.05, 3.63) is 66.4 Å². The Bertz CT molecular complexity index is 1930. The maximum atomic E-state index is 13.6. The number of likely N-dealkylation sites (N-methyl/N-ethyl adjacent to an activating group) is 1. The molecule has 0 aliphatic carbocycles. The van der Waals surface area contributed by atoms with Crippen LogP contribution in [-0.4, -0.2) is 64.6 Å². The highest BCUT2D eigenvalue weighted by atomic mass is 32.2. The Balaban J connectivity index is 1.85. The molecule has 0 aliphatic rings. The molecular formula is C36H44N6O7S. The smallest absolute Gasteiger partial charge is 0.425 e. The minimum atomic E-state index is -3.51. The van der Waals surface area contributed by atoms with Crippen LogP contribution in [0, 0.1) is 5.41 Å². The lowest BCUT2D eigenvalue weighted by Gasteiger charge is -2.28. The highest BCUT2D eigenvalue weighted by Crippen LogP contribution is 2.35. The first-order valence-corrected chi connectivity index (χ1v) is 17.7. The SMILES string of the molecule is CCNC(=N)Cc1ccc(-c2cc(-c3nc(-c4ccc(S(=O)(=O)C(C)C)cc4)cnc3N(C(=O)OC(C)(C)C)C(=O)OC(C)(C)C)on2)cc1. The summed E-state index contributed by atoms with van der Waals surface area (Å²) in [5.74, 6) is 0.264. The zero-order chi connectivity index (χ0) is 37.0. The van der Waals surface area contributed by atoms with Gasteiger partial charge in [0.2, 0.25) is 0 Å². The van der Waals surface area contributed by atoms with E-state index in [1.807, 2.05) is 31.2 Å². The molecule has 0 saturated carbocycles. The zero-order valence-electron chi connectivity index (χ0n) is 29.8. The fourth-order valence-electron chi connectivity index (χ4n) is 4.60. The predicted molar refractivity (Wildman–Crippen MR) is 191 cm³/mol. The maximum absolute atomic E-state index is 13.6. The molecule has 0 fully saturated rings. The third-order valence-electron chi connectivity index (χ3n) is 6.98. The summed E-state index contributed by atoms with van der Waals surface area (Å²) in [5.41, 5.74) is 0.940. The number of amides is 2. The van der Waals surface area contributed by atoms with Crippen molar-refractivity contribution in [2.24, 2.45) is 0 Å². The van der Waals surface area contributed by atoms with Crippen molar-refractivity contribution in [3.8, 4) is 34.0 Å². The van der Waals surface area contributed by atoms with Gasteiger partial charge in [0.25, 0.3) is 0 Å². The van der Waals surface area contributed by atoms with Gasteiger partial charge < -0.3 is 19.3 Å². The molecule has 0 bridgehead atoms. The number of sulfone groups is 1. The Hall–Kier alpha value is -5.11. The van der Waals surface area contributed by atoms with Crippen LogP contribution in [0.3, 0.4) is 0 Å². The largest absolute Gasteiger partial charge is 0.443 e. The molecule has 13 nitrogen and oxygen atoms in total. The van der Waals surface area contributed by atoms with Crippen molar-refractivity contribution < 1.29 is 32.0 Å². The molecule has 0 aliphatic heterocycles. The summed E-state index contributed by atoms with van der Waals surface area (Å²) in [5, 5.41) is 14.7. The second-order valence-electron chi connectivity index (χ2n) is 13.8. The number of nitrogens with zero attached hydrogens (tertiary/aromatic N) is 4. The van der Waals surface area contributed by atoms with Gasteiger partial charge in [0.05, 0.1) is 27.9 Å². The Kier molecular flexibility index (Phi) is 11.2. The van der Waals surface area contributed by atoms with Gasteiger partial charge in [-0.2, -0.15) is 4.90 Å². The summed E-state index contributed by atoms with van der Waals surface area (Å²) in [6.45, 7) is 15.8. The van der Waals surface area contributed by atoms with Crippen LogP contribution in [0.5, 0.6) is 0 Å².